The minimum Gasteiger partial charge on any atom is -0.379 e. The van der Waals surface area contributed by atoms with Crippen molar-refractivity contribution in [2.75, 3.05) is 60.0 Å². The number of carbonyl (C=O) groups is 1. The number of likely N-dealkylation sites (tertiary alicyclic amines) is 1. The molecule has 0 aromatic heterocycles. The molecule has 2 fully saturated rings. The monoisotopic (exact) mass is 297 g/mol. The fourth-order valence-electron chi connectivity index (χ4n) is 3.53. The number of nitrogens with zero attached hydrogens (tertiary/aromatic N) is 3. The summed E-state index contributed by atoms with van der Waals surface area (Å²) in [5.41, 5.74) is 0. The number of hydrogen-bond donors (Lipinski definition) is 0. The van der Waals surface area contributed by atoms with E-state index in [2.05, 4.69) is 16.7 Å². The van der Waals surface area contributed by atoms with Gasteiger partial charge in [0.2, 0.25) is 5.91 Å². The first-order valence-corrected chi connectivity index (χ1v) is 8.37. The predicted molar refractivity (Wildman–Crippen MR) is 84.3 cm³/mol. The van der Waals surface area contributed by atoms with Crippen molar-refractivity contribution in [2.45, 2.75) is 32.2 Å². The van der Waals surface area contributed by atoms with Crippen LogP contribution in [-0.4, -0.2) is 86.7 Å². The Kier molecular flexibility index (Phi) is 6.45. The molecule has 122 valence electrons. The fraction of sp³-hybridized carbons (Fsp3) is 0.938. The molecular weight excluding hydrogens is 266 g/mol. The zero-order valence-electron chi connectivity index (χ0n) is 13.9. The van der Waals surface area contributed by atoms with Crippen molar-refractivity contribution >= 4 is 5.91 Å². The summed E-state index contributed by atoms with van der Waals surface area (Å²) >= 11 is 0. The second kappa shape index (κ2) is 8.11. The number of amides is 1. The normalized spacial score (nSPS) is 26.1. The van der Waals surface area contributed by atoms with Gasteiger partial charge in [-0.2, -0.15) is 0 Å². The highest BCUT2D eigenvalue weighted by Gasteiger charge is 2.30. The van der Waals surface area contributed by atoms with E-state index in [4.69, 9.17) is 4.74 Å². The van der Waals surface area contributed by atoms with E-state index in [1.165, 1.54) is 6.42 Å². The van der Waals surface area contributed by atoms with E-state index in [1.54, 1.807) is 0 Å². The van der Waals surface area contributed by atoms with Crippen LogP contribution >= 0.6 is 0 Å². The van der Waals surface area contributed by atoms with Gasteiger partial charge in [-0.3, -0.25) is 14.6 Å². The first kappa shape index (κ1) is 16.7. The summed E-state index contributed by atoms with van der Waals surface area (Å²) in [5, 5.41) is 0. The van der Waals surface area contributed by atoms with Gasteiger partial charge in [0.1, 0.15) is 0 Å². The summed E-state index contributed by atoms with van der Waals surface area (Å²) in [4.78, 5) is 19.3. The Morgan fingerprint density at radius 1 is 1.29 bits per heavy atom. The Bertz CT molecular complexity index is 329. The van der Waals surface area contributed by atoms with Crippen LogP contribution in [0.25, 0.3) is 0 Å². The SMILES string of the molecule is CC[C@@H](C(=O)N1CCC[C@H](CN2CCOCC2)C1)N(C)C. The molecule has 5 nitrogen and oxygen atoms in total. The summed E-state index contributed by atoms with van der Waals surface area (Å²) in [6.07, 6.45) is 3.28. The van der Waals surface area contributed by atoms with Crippen molar-refractivity contribution in [2.24, 2.45) is 5.92 Å². The number of rotatable bonds is 5. The molecule has 0 unspecified atom stereocenters. The van der Waals surface area contributed by atoms with Crippen LogP contribution in [0, 0.1) is 5.92 Å². The van der Waals surface area contributed by atoms with Gasteiger partial charge in [-0.25, -0.2) is 0 Å². The molecule has 0 aromatic rings. The third-order valence-electron chi connectivity index (χ3n) is 4.75. The quantitative estimate of drug-likeness (QED) is 0.755. The van der Waals surface area contributed by atoms with Gasteiger partial charge in [0.05, 0.1) is 19.3 Å². The molecule has 0 saturated carbocycles. The van der Waals surface area contributed by atoms with Gasteiger partial charge in [0, 0.05) is 32.7 Å². The van der Waals surface area contributed by atoms with Gasteiger partial charge >= 0.3 is 0 Å². The van der Waals surface area contributed by atoms with Crippen LogP contribution in [0.5, 0.6) is 0 Å². The number of likely N-dealkylation sites (N-methyl/N-ethyl adjacent to an activating group) is 1. The smallest absolute Gasteiger partial charge is 0.239 e. The summed E-state index contributed by atoms with van der Waals surface area (Å²) in [6, 6.07) is 0.0344. The van der Waals surface area contributed by atoms with E-state index in [9.17, 15) is 4.79 Å². The van der Waals surface area contributed by atoms with Crippen molar-refractivity contribution in [3.8, 4) is 0 Å². The van der Waals surface area contributed by atoms with Crippen molar-refractivity contribution < 1.29 is 9.53 Å². The molecule has 0 spiro atoms. The number of ether oxygens (including phenoxy) is 1. The van der Waals surface area contributed by atoms with Crippen LogP contribution in [0.15, 0.2) is 0 Å². The molecule has 0 aliphatic carbocycles. The molecule has 1 amide bonds. The molecular formula is C16H31N3O2. The Morgan fingerprint density at radius 2 is 2.00 bits per heavy atom. The molecule has 2 atom stereocenters. The zero-order valence-corrected chi connectivity index (χ0v) is 13.9. The van der Waals surface area contributed by atoms with E-state index in [-0.39, 0.29) is 6.04 Å². The van der Waals surface area contributed by atoms with Crippen LogP contribution in [0.1, 0.15) is 26.2 Å². The van der Waals surface area contributed by atoms with Crippen molar-refractivity contribution in [1.29, 1.82) is 0 Å². The molecule has 2 aliphatic heterocycles. The molecule has 21 heavy (non-hydrogen) atoms. The van der Waals surface area contributed by atoms with E-state index in [1.807, 2.05) is 19.0 Å². The Labute approximate surface area is 129 Å². The lowest BCUT2D eigenvalue weighted by atomic mass is 9.96. The summed E-state index contributed by atoms with van der Waals surface area (Å²) in [7, 11) is 4.00. The number of hydrogen-bond acceptors (Lipinski definition) is 4. The molecule has 0 N–H and O–H groups in total. The minimum atomic E-state index is 0.0344. The lowest BCUT2D eigenvalue weighted by molar-refractivity contribution is -0.138. The molecule has 0 aromatic carbocycles. The molecule has 0 bridgehead atoms. The standard InChI is InChI=1S/C16H31N3O2/c1-4-15(17(2)3)16(20)19-7-5-6-14(13-19)12-18-8-10-21-11-9-18/h14-15H,4-13H2,1-3H3/t14-,15+/m1/s1. The minimum absolute atomic E-state index is 0.0344. The number of carbonyl (C=O) groups excluding carboxylic acids is 1. The maximum atomic E-state index is 12.7. The zero-order chi connectivity index (χ0) is 15.2. The highest BCUT2D eigenvalue weighted by atomic mass is 16.5. The summed E-state index contributed by atoms with van der Waals surface area (Å²) in [5.74, 6) is 0.939. The highest BCUT2D eigenvalue weighted by Crippen LogP contribution is 2.20. The van der Waals surface area contributed by atoms with Crippen LogP contribution in [0.2, 0.25) is 0 Å². The van der Waals surface area contributed by atoms with Gasteiger partial charge in [-0.15, -0.1) is 0 Å². The first-order valence-electron chi connectivity index (χ1n) is 8.37. The third-order valence-corrected chi connectivity index (χ3v) is 4.75. The van der Waals surface area contributed by atoms with E-state index >= 15 is 0 Å². The Morgan fingerprint density at radius 3 is 2.62 bits per heavy atom. The van der Waals surface area contributed by atoms with E-state index < -0.39 is 0 Å². The second-order valence-corrected chi connectivity index (χ2v) is 6.59. The lowest BCUT2D eigenvalue weighted by Gasteiger charge is -2.38. The third kappa shape index (κ3) is 4.66. The average Bonchev–Trinajstić information content (AvgIpc) is 2.49. The van der Waals surface area contributed by atoms with Crippen molar-refractivity contribution in [3.05, 3.63) is 0 Å². The molecule has 2 aliphatic rings. The predicted octanol–water partition coefficient (Wildman–Crippen LogP) is 0.897. The number of piperidine rings is 1. The number of morpholine rings is 1. The molecule has 2 saturated heterocycles. The summed E-state index contributed by atoms with van der Waals surface area (Å²) < 4.78 is 5.41. The molecule has 2 heterocycles. The maximum absolute atomic E-state index is 12.7. The topological polar surface area (TPSA) is 36.0 Å². The maximum Gasteiger partial charge on any atom is 0.239 e. The molecule has 0 radical (unpaired) electrons. The van der Waals surface area contributed by atoms with Gasteiger partial charge < -0.3 is 9.64 Å². The largest absolute Gasteiger partial charge is 0.379 e. The molecule has 5 heteroatoms. The van der Waals surface area contributed by atoms with Crippen LogP contribution < -0.4 is 0 Å². The summed E-state index contributed by atoms with van der Waals surface area (Å²) in [6.45, 7) is 8.87. The van der Waals surface area contributed by atoms with E-state index in [0.29, 0.717) is 11.8 Å². The molecule has 2 rings (SSSR count). The fourth-order valence-corrected chi connectivity index (χ4v) is 3.53. The van der Waals surface area contributed by atoms with Crippen LogP contribution in [-0.2, 0) is 9.53 Å². The van der Waals surface area contributed by atoms with E-state index in [0.717, 1.165) is 58.8 Å². The Balaban J connectivity index is 1.86. The lowest BCUT2D eigenvalue weighted by Crippen LogP contribution is -2.51. The van der Waals surface area contributed by atoms with Crippen LogP contribution in [0.3, 0.4) is 0 Å². The Hall–Kier alpha value is -0.650. The first-order chi connectivity index (χ1) is 10.1. The highest BCUT2D eigenvalue weighted by molar-refractivity contribution is 5.81. The average molecular weight is 297 g/mol. The van der Waals surface area contributed by atoms with Crippen molar-refractivity contribution in [1.82, 2.24) is 14.7 Å². The van der Waals surface area contributed by atoms with Gasteiger partial charge in [-0.1, -0.05) is 6.92 Å². The van der Waals surface area contributed by atoms with Gasteiger partial charge in [0.15, 0.2) is 0 Å². The van der Waals surface area contributed by atoms with Gasteiger partial charge in [-0.05, 0) is 39.3 Å². The second-order valence-electron chi connectivity index (χ2n) is 6.59. The van der Waals surface area contributed by atoms with Crippen LogP contribution in [0.4, 0.5) is 0 Å². The van der Waals surface area contributed by atoms with Gasteiger partial charge in [0.25, 0.3) is 0 Å². The van der Waals surface area contributed by atoms with Crippen molar-refractivity contribution in [3.63, 3.8) is 0 Å².